The predicted octanol–water partition coefficient (Wildman–Crippen LogP) is 3.67. The van der Waals surface area contributed by atoms with Gasteiger partial charge in [0.25, 0.3) is 0 Å². The molecule has 0 unspecified atom stereocenters. The van der Waals surface area contributed by atoms with E-state index in [1.807, 2.05) is 6.20 Å². The van der Waals surface area contributed by atoms with E-state index < -0.39 is 0 Å². The highest BCUT2D eigenvalue weighted by atomic mass is 16.5. The van der Waals surface area contributed by atoms with Gasteiger partial charge < -0.3 is 10.1 Å². The van der Waals surface area contributed by atoms with Crippen LogP contribution in [0.2, 0.25) is 0 Å². The molecule has 20 heavy (non-hydrogen) atoms. The van der Waals surface area contributed by atoms with E-state index in [2.05, 4.69) is 49.9 Å². The van der Waals surface area contributed by atoms with Gasteiger partial charge in [-0.2, -0.15) is 0 Å². The highest BCUT2D eigenvalue weighted by molar-refractivity contribution is 5.25. The van der Waals surface area contributed by atoms with Crippen LogP contribution in [0.25, 0.3) is 0 Å². The lowest BCUT2D eigenvalue weighted by molar-refractivity contribution is 0.298. The summed E-state index contributed by atoms with van der Waals surface area (Å²) >= 11 is 0. The maximum absolute atomic E-state index is 5.84. The Labute approximate surface area is 123 Å². The molecule has 0 saturated heterocycles. The Morgan fingerprint density at radius 2 is 1.95 bits per heavy atom. The van der Waals surface area contributed by atoms with E-state index in [0.29, 0.717) is 12.0 Å². The largest absolute Gasteiger partial charge is 0.490 e. The van der Waals surface area contributed by atoms with Gasteiger partial charge >= 0.3 is 0 Å². The zero-order valence-corrected chi connectivity index (χ0v) is 13.6. The third-order valence-corrected chi connectivity index (χ3v) is 3.05. The Morgan fingerprint density at radius 1 is 1.20 bits per heavy atom. The van der Waals surface area contributed by atoms with Gasteiger partial charge in [-0.1, -0.05) is 47.5 Å². The second-order valence-electron chi connectivity index (χ2n) is 5.79. The third-order valence-electron chi connectivity index (χ3n) is 3.05. The van der Waals surface area contributed by atoms with Gasteiger partial charge in [0.05, 0.1) is 18.5 Å². The maximum atomic E-state index is 5.84. The smallest absolute Gasteiger partial charge is 0.160 e. The molecule has 0 bridgehead atoms. The van der Waals surface area contributed by atoms with Gasteiger partial charge in [-0.15, -0.1) is 0 Å². The zero-order chi connectivity index (χ0) is 15.0. The first-order chi connectivity index (χ1) is 9.54. The summed E-state index contributed by atoms with van der Waals surface area (Å²) in [7, 11) is 0. The van der Waals surface area contributed by atoms with Crippen molar-refractivity contribution < 1.29 is 4.74 Å². The van der Waals surface area contributed by atoms with E-state index in [9.17, 15) is 0 Å². The van der Waals surface area contributed by atoms with Crippen LogP contribution in [-0.2, 0) is 6.54 Å². The fourth-order valence-corrected chi connectivity index (χ4v) is 1.78. The van der Waals surface area contributed by atoms with Crippen molar-refractivity contribution in [1.82, 2.24) is 15.3 Å². The summed E-state index contributed by atoms with van der Waals surface area (Å²) in [5.74, 6) is 2.03. The summed E-state index contributed by atoms with van der Waals surface area (Å²) in [5.41, 5.74) is 0.967. The predicted molar refractivity (Wildman–Crippen MR) is 83.1 cm³/mol. The van der Waals surface area contributed by atoms with Gasteiger partial charge in [0, 0.05) is 18.5 Å². The summed E-state index contributed by atoms with van der Waals surface area (Å²) in [6.07, 6.45) is 5.31. The van der Waals surface area contributed by atoms with Crippen LogP contribution in [0.3, 0.4) is 0 Å². The van der Waals surface area contributed by atoms with Gasteiger partial charge in [0.1, 0.15) is 5.82 Å². The van der Waals surface area contributed by atoms with Crippen LogP contribution in [0.15, 0.2) is 6.20 Å². The fraction of sp³-hybridized carbons (Fsp3) is 0.750. The molecule has 4 heteroatoms. The van der Waals surface area contributed by atoms with Crippen LogP contribution in [0.4, 0.5) is 0 Å². The topological polar surface area (TPSA) is 47.0 Å². The average Bonchev–Trinajstić information content (AvgIpc) is 2.41. The van der Waals surface area contributed by atoms with Crippen molar-refractivity contribution in [3.8, 4) is 5.75 Å². The highest BCUT2D eigenvalue weighted by Gasteiger charge is 2.11. The zero-order valence-electron chi connectivity index (χ0n) is 13.6. The van der Waals surface area contributed by atoms with Crippen molar-refractivity contribution in [2.24, 2.45) is 0 Å². The quantitative estimate of drug-likeness (QED) is 0.701. The molecule has 0 aliphatic carbocycles. The second-order valence-corrected chi connectivity index (χ2v) is 5.79. The third kappa shape index (κ3) is 5.87. The van der Waals surface area contributed by atoms with E-state index in [0.717, 1.165) is 36.8 Å². The fourth-order valence-electron chi connectivity index (χ4n) is 1.78. The van der Waals surface area contributed by atoms with Gasteiger partial charge in [0.2, 0.25) is 0 Å². The Hall–Kier alpha value is -1.16. The molecule has 0 atom stereocenters. The molecule has 0 aliphatic heterocycles. The first-order valence-electron chi connectivity index (χ1n) is 7.76. The first-order valence-corrected chi connectivity index (χ1v) is 7.76. The molecule has 0 fully saturated rings. The lowest BCUT2D eigenvalue weighted by Gasteiger charge is -2.14. The maximum Gasteiger partial charge on any atom is 0.160 e. The Morgan fingerprint density at radius 3 is 2.55 bits per heavy atom. The molecular formula is C16H29N3O. The molecule has 0 radical (unpaired) electrons. The van der Waals surface area contributed by atoms with Crippen LogP contribution in [-0.4, -0.2) is 22.6 Å². The minimum Gasteiger partial charge on any atom is -0.490 e. The SMILES string of the molecule is CCCCCOc1cnc(C(C)C)nc1CNC(C)C. The number of ether oxygens (including phenoxy) is 1. The normalized spacial score (nSPS) is 11.3. The van der Waals surface area contributed by atoms with Gasteiger partial charge in [-0.25, -0.2) is 9.97 Å². The summed E-state index contributed by atoms with van der Waals surface area (Å²) in [6, 6.07) is 0.431. The molecule has 0 saturated carbocycles. The summed E-state index contributed by atoms with van der Waals surface area (Å²) < 4.78 is 5.84. The molecular weight excluding hydrogens is 250 g/mol. The molecule has 1 N–H and O–H groups in total. The number of nitrogens with zero attached hydrogens (tertiary/aromatic N) is 2. The Bertz CT molecular complexity index is 391. The minimum absolute atomic E-state index is 0.335. The van der Waals surface area contributed by atoms with Crippen molar-refractivity contribution in [3.05, 3.63) is 17.7 Å². The summed E-state index contributed by atoms with van der Waals surface area (Å²) in [4.78, 5) is 9.05. The number of unbranched alkanes of at least 4 members (excludes halogenated alkanes) is 2. The number of hydrogen-bond donors (Lipinski definition) is 1. The molecule has 114 valence electrons. The van der Waals surface area contributed by atoms with Crippen molar-refractivity contribution in [1.29, 1.82) is 0 Å². The number of rotatable bonds is 9. The van der Waals surface area contributed by atoms with Crippen LogP contribution in [0, 0.1) is 0 Å². The second kappa shape index (κ2) is 8.90. The van der Waals surface area contributed by atoms with Crippen LogP contribution in [0.1, 0.15) is 71.3 Å². The first kappa shape index (κ1) is 16.9. The van der Waals surface area contributed by atoms with Crippen molar-refractivity contribution in [2.75, 3.05) is 6.61 Å². The molecule has 0 aromatic carbocycles. The number of aromatic nitrogens is 2. The summed E-state index contributed by atoms with van der Waals surface area (Å²) in [5, 5.41) is 3.40. The molecule has 1 rings (SSSR count). The summed E-state index contributed by atoms with van der Waals surface area (Å²) in [6.45, 7) is 12.1. The van der Waals surface area contributed by atoms with Gasteiger partial charge in [-0.05, 0) is 6.42 Å². The van der Waals surface area contributed by atoms with E-state index >= 15 is 0 Å². The standard InChI is InChI=1S/C16H29N3O/c1-6-7-8-9-20-15-11-18-16(12(2)3)19-14(15)10-17-13(4)5/h11-13,17H,6-10H2,1-5H3. The minimum atomic E-state index is 0.335. The van der Waals surface area contributed by atoms with Crippen LogP contribution < -0.4 is 10.1 Å². The lowest BCUT2D eigenvalue weighted by atomic mass is 10.2. The van der Waals surface area contributed by atoms with Crippen molar-refractivity contribution in [3.63, 3.8) is 0 Å². The number of nitrogens with one attached hydrogen (secondary N) is 1. The van der Waals surface area contributed by atoms with E-state index in [-0.39, 0.29) is 0 Å². The van der Waals surface area contributed by atoms with E-state index in [1.54, 1.807) is 0 Å². The molecule has 1 aromatic heterocycles. The highest BCUT2D eigenvalue weighted by Crippen LogP contribution is 2.19. The van der Waals surface area contributed by atoms with Crippen molar-refractivity contribution in [2.45, 2.75) is 72.4 Å². The Kier molecular flexibility index (Phi) is 7.52. The van der Waals surface area contributed by atoms with E-state index in [1.165, 1.54) is 12.8 Å². The number of hydrogen-bond acceptors (Lipinski definition) is 4. The molecule has 0 aliphatic rings. The van der Waals surface area contributed by atoms with Gasteiger partial charge in [0.15, 0.2) is 5.75 Å². The van der Waals surface area contributed by atoms with Crippen LogP contribution in [0.5, 0.6) is 5.75 Å². The molecule has 0 amide bonds. The van der Waals surface area contributed by atoms with Gasteiger partial charge in [-0.3, -0.25) is 0 Å². The van der Waals surface area contributed by atoms with E-state index in [4.69, 9.17) is 4.74 Å². The molecule has 1 aromatic rings. The average molecular weight is 279 g/mol. The lowest BCUT2D eigenvalue weighted by Crippen LogP contribution is -2.23. The van der Waals surface area contributed by atoms with Crippen molar-refractivity contribution >= 4 is 0 Å². The Balaban J connectivity index is 2.74. The molecule has 4 nitrogen and oxygen atoms in total. The molecule has 0 spiro atoms. The monoisotopic (exact) mass is 279 g/mol. The van der Waals surface area contributed by atoms with Crippen LogP contribution >= 0.6 is 0 Å². The molecule has 1 heterocycles.